The summed E-state index contributed by atoms with van der Waals surface area (Å²) < 4.78 is 0. The first-order valence-corrected chi connectivity index (χ1v) is 5.34. The van der Waals surface area contributed by atoms with E-state index in [0.29, 0.717) is 10.6 Å². The molecule has 0 aliphatic rings. The molecule has 1 rings (SSSR count). The molecular formula is C11H10Cl2N2O. The highest BCUT2D eigenvalue weighted by molar-refractivity contribution is 6.36. The third-order valence-electron chi connectivity index (χ3n) is 2.25. The van der Waals surface area contributed by atoms with Crippen LogP contribution in [0.2, 0.25) is 10.0 Å². The molecule has 1 aromatic rings. The van der Waals surface area contributed by atoms with Crippen LogP contribution in [0.1, 0.15) is 17.3 Å². The van der Waals surface area contributed by atoms with Gasteiger partial charge in [0.15, 0.2) is 0 Å². The Morgan fingerprint density at radius 3 is 2.62 bits per heavy atom. The quantitative estimate of drug-likeness (QED) is 0.817. The van der Waals surface area contributed by atoms with Gasteiger partial charge in [-0.2, -0.15) is 5.26 Å². The number of halogens is 2. The number of nitriles is 1. The van der Waals surface area contributed by atoms with Crippen LogP contribution in [0.5, 0.6) is 0 Å². The van der Waals surface area contributed by atoms with Gasteiger partial charge in [0.2, 0.25) is 0 Å². The molecule has 1 atom stereocenters. The summed E-state index contributed by atoms with van der Waals surface area (Å²) in [6.45, 7) is 1.64. The van der Waals surface area contributed by atoms with Crippen LogP contribution in [0.25, 0.3) is 0 Å². The van der Waals surface area contributed by atoms with Gasteiger partial charge in [-0.1, -0.05) is 23.2 Å². The highest BCUT2D eigenvalue weighted by atomic mass is 35.5. The second-order valence-electron chi connectivity index (χ2n) is 3.35. The van der Waals surface area contributed by atoms with E-state index in [-0.39, 0.29) is 10.9 Å². The summed E-state index contributed by atoms with van der Waals surface area (Å²) >= 11 is 11.6. The van der Waals surface area contributed by atoms with E-state index in [0.717, 1.165) is 0 Å². The van der Waals surface area contributed by atoms with Crippen molar-refractivity contribution in [1.29, 1.82) is 5.26 Å². The molecule has 1 aromatic carbocycles. The fraction of sp³-hybridized carbons (Fsp3) is 0.273. The summed E-state index contributed by atoms with van der Waals surface area (Å²) in [4.78, 5) is 13.3. The topological polar surface area (TPSA) is 44.1 Å². The van der Waals surface area contributed by atoms with E-state index in [4.69, 9.17) is 28.5 Å². The Balaban J connectivity index is 3.02. The summed E-state index contributed by atoms with van der Waals surface area (Å²) in [6, 6.07) is 6.12. The van der Waals surface area contributed by atoms with Gasteiger partial charge in [-0.15, -0.1) is 0 Å². The molecule has 0 aromatic heterocycles. The van der Waals surface area contributed by atoms with Crippen LogP contribution in [-0.2, 0) is 0 Å². The standard InChI is InChI=1S/C11H10Cl2N2O/c1-7(6-14)15(2)11(16)9-4-3-8(12)5-10(9)13/h3-5,7H,1-2H3. The first kappa shape index (κ1) is 12.8. The molecule has 84 valence electrons. The smallest absolute Gasteiger partial charge is 0.256 e. The van der Waals surface area contributed by atoms with Gasteiger partial charge in [-0.05, 0) is 25.1 Å². The molecule has 0 saturated heterocycles. The normalized spacial score (nSPS) is 11.7. The molecule has 1 unspecified atom stereocenters. The van der Waals surface area contributed by atoms with Gasteiger partial charge in [-0.25, -0.2) is 0 Å². The lowest BCUT2D eigenvalue weighted by molar-refractivity contribution is 0.0773. The van der Waals surface area contributed by atoms with Gasteiger partial charge in [0.25, 0.3) is 5.91 Å². The highest BCUT2D eigenvalue weighted by Gasteiger charge is 2.19. The lowest BCUT2D eigenvalue weighted by Gasteiger charge is -2.19. The van der Waals surface area contributed by atoms with Gasteiger partial charge < -0.3 is 4.90 Å². The van der Waals surface area contributed by atoms with Gasteiger partial charge in [-0.3, -0.25) is 4.79 Å². The molecule has 0 N–H and O–H groups in total. The monoisotopic (exact) mass is 256 g/mol. The fourth-order valence-electron chi connectivity index (χ4n) is 1.12. The van der Waals surface area contributed by atoms with E-state index in [1.807, 2.05) is 6.07 Å². The minimum Gasteiger partial charge on any atom is -0.326 e. The predicted molar refractivity (Wildman–Crippen MR) is 63.6 cm³/mol. The molecule has 0 heterocycles. The molecule has 3 nitrogen and oxygen atoms in total. The predicted octanol–water partition coefficient (Wildman–Crippen LogP) is 2.98. The Kier molecular flexibility index (Phi) is 4.17. The molecule has 5 heteroatoms. The highest BCUT2D eigenvalue weighted by Crippen LogP contribution is 2.22. The van der Waals surface area contributed by atoms with Crippen molar-refractivity contribution in [2.75, 3.05) is 7.05 Å². The van der Waals surface area contributed by atoms with Crippen LogP contribution in [0.15, 0.2) is 18.2 Å². The summed E-state index contributed by atoms with van der Waals surface area (Å²) in [5.41, 5.74) is 0.343. The minimum atomic E-state index is -0.501. The number of hydrogen-bond donors (Lipinski definition) is 0. The summed E-state index contributed by atoms with van der Waals surface area (Å²) in [5, 5.41) is 9.47. The van der Waals surface area contributed by atoms with Crippen molar-refractivity contribution >= 4 is 29.1 Å². The van der Waals surface area contributed by atoms with E-state index in [1.54, 1.807) is 26.1 Å². The Labute approximate surface area is 104 Å². The first-order chi connectivity index (χ1) is 7.47. The zero-order valence-corrected chi connectivity index (χ0v) is 10.4. The molecule has 16 heavy (non-hydrogen) atoms. The van der Waals surface area contributed by atoms with Crippen LogP contribution in [0.3, 0.4) is 0 Å². The Morgan fingerprint density at radius 1 is 1.50 bits per heavy atom. The number of rotatable bonds is 2. The third-order valence-corrected chi connectivity index (χ3v) is 2.80. The van der Waals surface area contributed by atoms with E-state index in [9.17, 15) is 4.79 Å². The van der Waals surface area contributed by atoms with Gasteiger partial charge >= 0.3 is 0 Å². The third kappa shape index (κ3) is 2.66. The van der Waals surface area contributed by atoms with Crippen LogP contribution in [0, 0.1) is 11.3 Å². The van der Waals surface area contributed by atoms with Crippen molar-refractivity contribution in [3.05, 3.63) is 33.8 Å². The zero-order valence-electron chi connectivity index (χ0n) is 8.87. The number of carbonyl (C=O) groups is 1. The molecule has 0 spiro atoms. The lowest BCUT2D eigenvalue weighted by atomic mass is 10.2. The summed E-state index contributed by atoms with van der Waals surface area (Å²) in [7, 11) is 1.56. The molecule has 1 amide bonds. The molecule has 0 bridgehead atoms. The van der Waals surface area contributed by atoms with E-state index >= 15 is 0 Å². The molecule has 0 aliphatic carbocycles. The fourth-order valence-corrected chi connectivity index (χ4v) is 1.60. The van der Waals surface area contributed by atoms with Gasteiger partial charge in [0.1, 0.15) is 6.04 Å². The largest absolute Gasteiger partial charge is 0.326 e. The van der Waals surface area contributed by atoms with Crippen molar-refractivity contribution in [2.45, 2.75) is 13.0 Å². The van der Waals surface area contributed by atoms with Crippen LogP contribution < -0.4 is 0 Å². The molecule has 0 radical (unpaired) electrons. The molecule has 0 fully saturated rings. The first-order valence-electron chi connectivity index (χ1n) is 4.59. The second-order valence-corrected chi connectivity index (χ2v) is 4.19. The van der Waals surface area contributed by atoms with E-state index < -0.39 is 6.04 Å². The second kappa shape index (κ2) is 5.20. The summed E-state index contributed by atoms with van der Waals surface area (Å²) in [5.74, 6) is -0.296. The van der Waals surface area contributed by atoms with Crippen molar-refractivity contribution in [1.82, 2.24) is 4.90 Å². The van der Waals surface area contributed by atoms with Gasteiger partial charge in [0, 0.05) is 12.1 Å². The molecule has 0 saturated carbocycles. The van der Waals surface area contributed by atoms with Gasteiger partial charge in [0.05, 0.1) is 16.7 Å². The van der Waals surface area contributed by atoms with E-state index in [2.05, 4.69) is 0 Å². The zero-order chi connectivity index (χ0) is 12.3. The minimum absolute atomic E-state index is 0.287. The van der Waals surface area contributed by atoms with Crippen molar-refractivity contribution in [3.63, 3.8) is 0 Å². The Bertz CT molecular complexity index is 454. The van der Waals surface area contributed by atoms with Crippen molar-refractivity contribution < 1.29 is 4.79 Å². The van der Waals surface area contributed by atoms with Crippen LogP contribution in [0.4, 0.5) is 0 Å². The van der Waals surface area contributed by atoms with Crippen molar-refractivity contribution in [2.24, 2.45) is 0 Å². The van der Waals surface area contributed by atoms with Crippen molar-refractivity contribution in [3.8, 4) is 6.07 Å². The molecular weight excluding hydrogens is 247 g/mol. The average Bonchev–Trinajstić information content (AvgIpc) is 2.26. The molecule has 0 aliphatic heterocycles. The number of amides is 1. The Hall–Kier alpha value is -1.24. The Morgan fingerprint density at radius 2 is 2.12 bits per heavy atom. The van der Waals surface area contributed by atoms with E-state index in [1.165, 1.54) is 11.0 Å². The maximum Gasteiger partial charge on any atom is 0.256 e. The summed E-state index contributed by atoms with van der Waals surface area (Å²) in [6.07, 6.45) is 0. The maximum absolute atomic E-state index is 11.9. The lowest BCUT2D eigenvalue weighted by Crippen LogP contribution is -2.34. The SMILES string of the molecule is CC(C#N)N(C)C(=O)c1ccc(Cl)cc1Cl. The van der Waals surface area contributed by atoms with Crippen LogP contribution >= 0.6 is 23.2 Å². The number of nitrogens with zero attached hydrogens (tertiary/aromatic N) is 2. The number of hydrogen-bond acceptors (Lipinski definition) is 2. The van der Waals surface area contributed by atoms with Crippen LogP contribution in [-0.4, -0.2) is 23.9 Å². The number of carbonyl (C=O) groups excluding carboxylic acids is 1. The average molecular weight is 257 g/mol. The number of benzene rings is 1. The maximum atomic E-state index is 11.9.